The summed E-state index contributed by atoms with van der Waals surface area (Å²) in [7, 11) is -1.29. The molecule has 9 nitrogen and oxygen atoms in total. The molecule has 1 aromatic carbocycles. The summed E-state index contributed by atoms with van der Waals surface area (Å²) >= 11 is 6.14. The van der Waals surface area contributed by atoms with Gasteiger partial charge in [-0.1, -0.05) is 23.7 Å². The van der Waals surface area contributed by atoms with Crippen LogP contribution in [0, 0.1) is 13.8 Å². The maximum Gasteiger partial charge on any atom is 0.226 e. The van der Waals surface area contributed by atoms with Gasteiger partial charge in [0, 0.05) is 41.6 Å². The van der Waals surface area contributed by atoms with Crippen LogP contribution in [-0.2, 0) is 21.7 Å². The molecule has 1 unspecified atom stereocenters. The lowest BCUT2D eigenvalue weighted by molar-refractivity contribution is -0.131. The van der Waals surface area contributed by atoms with Crippen molar-refractivity contribution in [1.29, 1.82) is 0 Å². The fraction of sp³-hybridized carbons (Fsp3) is 0.391. The fourth-order valence-electron chi connectivity index (χ4n) is 4.64. The van der Waals surface area contributed by atoms with E-state index >= 15 is 0 Å². The number of carbonyl (C=O) groups is 1. The molecule has 3 aromatic rings. The molecule has 1 saturated heterocycles. The smallest absolute Gasteiger partial charge is 0.226 e. The van der Waals surface area contributed by atoms with E-state index in [9.17, 15) is 13.2 Å². The average Bonchev–Trinajstić information content (AvgIpc) is 3.26. The minimum atomic E-state index is -3.26. The van der Waals surface area contributed by atoms with Crippen LogP contribution in [0.2, 0.25) is 5.02 Å². The van der Waals surface area contributed by atoms with Gasteiger partial charge in [-0.05, 0) is 32.4 Å². The van der Waals surface area contributed by atoms with E-state index in [1.807, 2.05) is 60.5 Å². The van der Waals surface area contributed by atoms with Crippen LogP contribution in [0.3, 0.4) is 0 Å². The zero-order valence-corrected chi connectivity index (χ0v) is 20.8. The molecule has 0 spiro atoms. The number of rotatable bonds is 3. The number of aromatic nitrogens is 4. The third kappa shape index (κ3) is 3.94. The Morgan fingerprint density at radius 1 is 1.18 bits per heavy atom. The van der Waals surface area contributed by atoms with Crippen LogP contribution in [0.1, 0.15) is 47.4 Å². The van der Waals surface area contributed by atoms with Gasteiger partial charge in [-0.2, -0.15) is 0 Å². The molecular weight excluding hydrogens is 476 g/mol. The summed E-state index contributed by atoms with van der Waals surface area (Å²) in [6.45, 7) is 4.31. The molecule has 0 saturated carbocycles. The lowest BCUT2D eigenvalue weighted by atomic mass is 10.0. The lowest BCUT2D eigenvalue weighted by Gasteiger charge is -2.27. The van der Waals surface area contributed by atoms with Crippen LogP contribution < -0.4 is 0 Å². The van der Waals surface area contributed by atoms with Crippen molar-refractivity contribution in [2.75, 3.05) is 18.2 Å². The summed E-state index contributed by atoms with van der Waals surface area (Å²) in [4.78, 5) is 19.7. The van der Waals surface area contributed by atoms with Gasteiger partial charge in [-0.15, -0.1) is 10.2 Å². The summed E-state index contributed by atoms with van der Waals surface area (Å²) in [5.74, 6) is 0.845. The number of sulfone groups is 1. The molecule has 1 fully saturated rings. The predicted molar refractivity (Wildman–Crippen MR) is 129 cm³/mol. The Hall–Kier alpha value is -2.98. The van der Waals surface area contributed by atoms with Crippen molar-refractivity contribution in [2.24, 2.45) is 12.0 Å². The number of hydrogen-bond acceptors (Lipinski definition) is 6. The van der Waals surface area contributed by atoms with E-state index in [0.717, 1.165) is 28.2 Å². The molecule has 11 heteroatoms. The summed E-state index contributed by atoms with van der Waals surface area (Å²) in [6, 6.07) is 6.82. The molecule has 1 atom stereocenters. The topological polar surface area (TPSA) is 102 Å². The molecule has 2 aromatic heterocycles. The Kier molecular flexibility index (Phi) is 5.60. The van der Waals surface area contributed by atoms with Crippen LogP contribution in [0.25, 0.3) is 5.69 Å². The quantitative estimate of drug-likeness (QED) is 0.550. The Labute approximate surface area is 203 Å². The summed E-state index contributed by atoms with van der Waals surface area (Å²) in [6.07, 6.45) is 2.45. The highest BCUT2D eigenvalue weighted by molar-refractivity contribution is 7.91. The van der Waals surface area contributed by atoms with Crippen molar-refractivity contribution in [3.8, 4) is 5.69 Å². The van der Waals surface area contributed by atoms with Gasteiger partial charge < -0.3 is 9.47 Å². The number of halogens is 1. The van der Waals surface area contributed by atoms with Crippen molar-refractivity contribution in [1.82, 2.24) is 24.2 Å². The number of hydrogen-bond donors (Lipinski definition) is 0. The second-order valence-electron chi connectivity index (χ2n) is 8.82. The molecule has 0 N–H and O–H groups in total. The highest BCUT2D eigenvalue weighted by atomic mass is 35.5. The van der Waals surface area contributed by atoms with E-state index in [1.54, 1.807) is 0 Å². The Bertz CT molecular complexity index is 1420. The van der Waals surface area contributed by atoms with Crippen LogP contribution in [0.4, 0.5) is 0 Å². The van der Waals surface area contributed by atoms with Crippen molar-refractivity contribution in [3.05, 3.63) is 64.0 Å². The minimum absolute atomic E-state index is 0.000188. The van der Waals surface area contributed by atoms with Crippen LogP contribution in [-0.4, -0.2) is 62.4 Å². The molecule has 0 radical (unpaired) electrons. The largest absolute Gasteiger partial charge is 0.352 e. The molecule has 5 rings (SSSR count). The number of aryl methyl sites for hydroxylation is 2. The molecule has 178 valence electrons. The van der Waals surface area contributed by atoms with Crippen LogP contribution in [0.15, 0.2) is 35.5 Å². The van der Waals surface area contributed by atoms with Gasteiger partial charge in [0.1, 0.15) is 17.7 Å². The van der Waals surface area contributed by atoms with Crippen LogP contribution in [0.5, 0.6) is 0 Å². The van der Waals surface area contributed by atoms with Crippen LogP contribution >= 0.6 is 11.6 Å². The first-order valence-electron chi connectivity index (χ1n) is 11.0. The van der Waals surface area contributed by atoms with E-state index < -0.39 is 15.9 Å². The summed E-state index contributed by atoms with van der Waals surface area (Å²) in [5.41, 5.74) is 4.44. The summed E-state index contributed by atoms with van der Waals surface area (Å²) in [5, 5.41) is 9.29. The molecule has 4 heterocycles. The zero-order valence-electron chi connectivity index (χ0n) is 19.2. The molecule has 2 aliphatic heterocycles. The molecule has 0 aliphatic carbocycles. The zero-order chi connectivity index (χ0) is 24.2. The van der Waals surface area contributed by atoms with E-state index in [-0.39, 0.29) is 24.0 Å². The number of amides is 1. The first kappa shape index (κ1) is 22.8. The Morgan fingerprint density at radius 2 is 1.91 bits per heavy atom. The molecule has 34 heavy (non-hydrogen) atoms. The molecule has 1 amide bonds. The molecular formula is C23H25ClN6O3S. The highest BCUT2D eigenvalue weighted by Crippen LogP contribution is 2.35. The number of fused-ring (bicyclic) bond motifs is 3. The second-order valence-corrected chi connectivity index (χ2v) is 11.4. The summed E-state index contributed by atoms with van der Waals surface area (Å²) < 4.78 is 28.2. The third-order valence-corrected chi connectivity index (χ3v) is 8.32. The van der Waals surface area contributed by atoms with Gasteiger partial charge >= 0.3 is 0 Å². The minimum Gasteiger partial charge on any atom is -0.352 e. The van der Waals surface area contributed by atoms with Crippen molar-refractivity contribution in [2.45, 2.75) is 32.7 Å². The van der Waals surface area contributed by atoms with E-state index in [1.165, 1.54) is 4.90 Å². The number of nitrogens with zero attached hydrogens (tertiary/aromatic N) is 6. The van der Waals surface area contributed by atoms with Crippen molar-refractivity contribution < 1.29 is 13.2 Å². The van der Waals surface area contributed by atoms with Gasteiger partial charge in [0.15, 0.2) is 15.7 Å². The monoisotopic (exact) mass is 500 g/mol. The normalized spacial score (nSPS) is 19.2. The molecule has 2 aliphatic rings. The number of carbonyl (C=O) groups excluding carboxylic acids is 1. The number of benzene rings is 1. The molecule has 0 bridgehead atoms. The predicted octanol–water partition coefficient (Wildman–Crippen LogP) is 2.76. The van der Waals surface area contributed by atoms with Gasteiger partial charge in [0.05, 0.1) is 23.6 Å². The fourth-order valence-corrected chi connectivity index (χ4v) is 6.21. The maximum atomic E-state index is 13.2. The maximum absolute atomic E-state index is 13.2. The Balaban J connectivity index is 1.64. The third-order valence-electron chi connectivity index (χ3n) is 6.45. The van der Waals surface area contributed by atoms with Gasteiger partial charge in [0.25, 0.3) is 0 Å². The average molecular weight is 501 g/mol. The van der Waals surface area contributed by atoms with Crippen molar-refractivity contribution >= 4 is 33.1 Å². The highest BCUT2D eigenvalue weighted by Gasteiger charge is 2.34. The first-order valence-corrected chi connectivity index (χ1v) is 13.2. The standard InChI is InChI=1S/C23H25ClN6O3S/c1-14-21-19(12-28(14)3)30-15(2)26-27-23(30)18(25-22(21)16-5-7-17(24)8-6-16)11-20(31)29-9-4-10-34(32,33)13-29/h5-8,12,18H,4,9-11,13H2,1-3H3. The van der Waals surface area contributed by atoms with E-state index in [4.69, 9.17) is 16.6 Å². The van der Waals surface area contributed by atoms with Gasteiger partial charge in [-0.3, -0.25) is 14.4 Å². The first-order chi connectivity index (χ1) is 16.1. The SMILES string of the molecule is Cc1c2c(cn1C)-n1c(C)nnc1C(CC(=O)N1CCCS(=O)(=O)C1)N=C2c1ccc(Cl)cc1. The second kappa shape index (κ2) is 8.35. The Morgan fingerprint density at radius 3 is 2.62 bits per heavy atom. The lowest BCUT2D eigenvalue weighted by Crippen LogP contribution is -2.42. The number of aliphatic imine (C=N–C) groups is 1. The van der Waals surface area contributed by atoms with Gasteiger partial charge in [-0.25, -0.2) is 8.42 Å². The van der Waals surface area contributed by atoms with Gasteiger partial charge in [0.2, 0.25) is 5.91 Å². The van der Waals surface area contributed by atoms with Crippen molar-refractivity contribution in [3.63, 3.8) is 0 Å². The van der Waals surface area contributed by atoms with E-state index in [2.05, 4.69) is 10.2 Å². The van der Waals surface area contributed by atoms with E-state index in [0.29, 0.717) is 29.6 Å².